The molecule has 0 aliphatic carbocycles. The Labute approximate surface area is 180 Å². The number of benzene rings is 5. The topological polar surface area (TPSA) is 46.5 Å². The summed E-state index contributed by atoms with van der Waals surface area (Å²) in [6.45, 7) is 0. The van der Waals surface area contributed by atoms with Gasteiger partial charge in [0, 0.05) is 5.56 Å². The van der Waals surface area contributed by atoms with Crippen molar-refractivity contribution in [2.75, 3.05) is 7.11 Å². The highest BCUT2D eigenvalue weighted by Gasteiger charge is 2.22. The predicted molar refractivity (Wildman–Crippen MR) is 125 cm³/mol. The van der Waals surface area contributed by atoms with Crippen molar-refractivity contribution in [2.24, 2.45) is 0 Å². The summed E-state index contributed by atoms with van der Waals surface area (Å²) in [4.78, 5) is 13.6. The molecule has 3 heteroatoms. The maximum Gasteiger partial charge on any atom is 0.197 e. The van der Waals surface area contributed by atoms with Gasteiger partial charge in [0.15, 0.2) is 5.78 Å². The van der Waals surface area contributed by atoms with E-state index >= 15 is 0 Å². The van der Waals surface area contributed by atoms with Crippen molar-refractivity contribution < 1.29 is 14.6 Å². The fourth-order valence-corrected chi connectivity index (χ4v) is 4.24. The number of phenols is 1. The van der Waals surface area contributed by atoms with Crippen LogP contribution in [0.3, 0.4) is 0 Å². The summed E-state index contributed by atoms with van der Waals surface area (Å²) in [6.07, 6.45) is 0. The van der Waals surface area contributed by atoms with Crippen LogP contribution >= 0.6 is 0 Å². The first kappa shape index (κ1) is 18.9. The molecule has 0 radical (unpaired) electrons. The summed E-state index contributed by atoms with van der Waals surface area (Å²) in [5.41, 5.74) is 3.03. The van der Waals surface area contributed by atoms with Crippen LogP contribution in [0.1, 0.15) is 15.9 Å². The molecule has 0 amide bonds. The van der Waals surface area contributed by atoms with E-state index in [1.54, 1.807) is 31.4 Å². The van der Waals surface area contributed by atoms with Gasteiger partial charge in [0.25, 0.3) is 0 Å². The summed E-state index contributed by atoms with van der Waals surface area (Å²) in [6, 6.07) is 30.6. The smallest absolute Gasteiger partial charge is 0.197 e. The van der Waals surface area contributed by atoms with E-state index in [1.807, 2.05) is 72.8 Å². The molecule has 0 atom stereocenters. The number of hydrogen-bond donors (Lipinski definition) is 1. The monoisotopic (exact) mass is 404 g/mol. The fraction of sp³-hybridized carbons (Fsp3) is 0.0357. The van der Waals surface area contributed by atoms with Gasteiger partial charge in [0.05, 0.1) is 12.7 Å². The van der Waals surface area contributed by atoms with Crippen molar-refractivity contribution in [1.29, 1.82) is 0 Å². The third kappa shape index (κ3) is 3.11. The van der Waals surface area contributed by atoms with E-state index < -0.39 is 0 Å². The molecular formula is C28H20O3. The highest BCUT2D eigenvalue weighted by Crippen LogP contribution is 2.40. The lowest BCUT2D eigenvalue weighted by Crippen LogP contribution is -2.05. The van der Waals surface area contributed by atoms with Crippen LogP contribution in [0.4, 0.5) is 0 Å². The highest BCUT2D eigenvalue weighted by molar-refractivity contribution is 6.28. The molecule has 0 unspecified atom stereocenters. The quantitative estimate of drug-likeness (QED) is 0.271. The molecule has 0 fully saturated rings. The van der Waals surface area contributed by atoms with Crippen LogP contribution in [-0.2, 0) is 0 Å². The van der Waals surface area contributed by atoms with E-state index in [-0.39, 0.29) is 11.5 Å². The molecule has 5 rings (SSSR count). The number of para-hydroxylation sites is 1. The number of phenolic OH excluding ortho intramolecular Hbond substituents is 1. The average molecular weight is 404 g/mol. The van der Waals surface area contributed by atoms with Crippen molar-refractivity contribution in [3.8, 4) is 22.6 Å². The Kier molecular flexibility index (Phi) is 4.64. The Morgan fingerprint density at radius 1 is 0.677 bits per heavy atom. The summed E-state index contributed by atoms with van der Waals surface area (Å²) in [7, 11) is 1.65. The number of carbonyl (C=O) groups excluding carboxylic acids is 1. The zero-order chi connectivity index (χ0) is 21.4. The van der Waals surface area contributed by atoms with E-state index in [0.717, 1.165) is 38.4 Å². The van der Waals surface area contributed by atoms with E-state index in [4.69, 9.17) is 4.74 Å². The SMILES string of the molecule is COc1ccc(-c2c3ccccc3c(C(=O)c3ccccc3O)c3ccccc23)cc1. The molecule has 0 heterocycles. The Balaban J connectivity index is 1.88. The van der Waals surface area contributed by atoms with Gasteiger partial charge in [-0.3, -0.25) is 4.79 Å². The zero-order valence-electron chi connectivity index (χ0n) is 17.0. The molecule has 0 saturated heterocycles. The van der Waals surface area contributed by atoms with Crippen molar-refractivity contribution in [3.05, 3.63) is 108 Å². The lowest BCUT2D eigenvalue weighted by molar-refractivity contribution is 0.103. The van der Waals surface area contributed by atoms with E-state index in [9.17, 15) is 9.90 Å². The predicted octanol–water partition coefficient (Wildman–Crippen LogP) is 6.61. The number of aromatic hydroxyl groups is 1. The number of ketones is 1. The van der Waals surface area contributed by atoms with Crippen LogP contribution in [0.15, 0.2) is 97.1 Å². The molecule has 3 nitrogen and oxygen atoms in total. The Hall–Kier alpha value is -4.11. The van der Waals surface area contributed by atoms with Gasteiger partial charge in [-0.25, -0.2) is 0 Å². The maximum atomic E-state index is 13.6. The van der Waals surface area contributed by atoms with Crippen LogP contribution in [0, 0.1) is 0 Å². The Bertz CT molecular complexity index is 1380. The number of ether oxygens (including phenoxy) is 1. The number of fused-ring (bicyclic) bond motifs is 2. The number of rotatable bonds is 4. The van der Waals surface area contributed by atoms with Crippen LogP contribution in [0.2, 0.25) is 0 Å². The first-order valence-corrected chi connectivity index (χ1v) is 10.1. The van der Waals surface area contributed by atoms with Gasteiger partial charge in [-0.15, -0.1) is 0 Å². The van der Waals surface area contributed by atoms with Crippen molar-refractivity contribution >= 4 is 27.3 Å². The van der Waals surface area contributed by atoms with Gasteiger partial charge < -0.3 is 9.84 Å². The van der Waals surface area contributed by atoms with Crippen molar-refractivity contribution in [2.45, 2.75) is 0 Å². The molecule has 5 aromatic rings. The minimum absolute atomic E-state index is 0.0140. The number of methoxy groups -OCH3 is 1. The van der Waals surface area contributed by atoms with Crippen molar-refractivity contribution in [3.63, 3.8) is 0 Å². The Morgan fingerprint density at radius 3 is 1.74 bits per heavy atom. The Morgan fingerprint density at radius 2 is 1.19 bits per heavy atom. The van der Waals surface area contributed by atoms with Gasteiger partial charge in [-0.2, -0.15) is 0 Å². The van der Waals surface area contributed by atoms with Gasteiger partial charge in [-0.05, 0) is 56.9 Å². The second-order valence-corrected chi connectivity index (χ2v) is 7.42. The zero-order valence-corrected chi connectivity index (χ0v) is 17.0. The van der Waals surface area contributed by atoms with Crippen LogP contribution < -0.4 is 4.74 Å². The first-order valence-electron chi connectivity index (χ1n) is 10.1. The number of hydrogen-bond acceptors (Lipinski definition) is 3. The molecule has 0 aromatic heterocycles. The highest BCUT2D eigenvalue weighted by atomic mass is 16.5. The van der Waals surface area contributed by atoms with E-state index in [0.29, 0.717) is 11.1 Å². The minimum Gasteiger partial charge on any atom is -0.507 e. The van der Waals surface area contributed by atoms with Crippen LogP contribution in [0.25, 0.3) is 32.7 Å². The molecule has 0 spiro atoms. The lowest BCUT2D eigenvalue weighted by Gasteiger charge is -2.17. The third-order valence-corrected chi connectivity index (χ3v) is 5.69. The number of carbonyl (C=O) groups is 1. The summed E-state index contributed by atoms with van der Waals surface area (Å²) < 4.78 is 5.32. The second-order valence-electron chi connectivity index (χ2n) is 7.42. The normalized spacial score (nSPS) is 11.0. The minimum atomic E-state index is -0.188. The molecule has 0 bridgehead atoms. The molecule has 1 N–H and O–H groups in total. The molecular weight excluding hydrogens is 384 g/mol. The van der Waals surface area contributed by atoms with Gasteiger partial charge in [-0.1, -0.05) is 72.8 Å². The lowest BCUT2D eigenvalue weighted by atomic mass is 9.85. The summed E-state index contributed by atoms with van der Waals surface area (Å²) >= 11 is 0. The van der Waals surface area contributed by atoms with Gasteiger partial charge >= 0.3 is 0 Å². The van der Waals surface area contributed by atoms with Gasteiger partial charge in [0.1, 0.15) is 11.5 Å². The summed E-state index contributed by atoms with van der Waals surface area (Å²) in [5, 5.41) is 14.0. The first-order chi connectivity index (χ1) is 15.2. The molecule has 0 aliphatic heterocycles. The standard InChI is InChI=1S/C28H20O3/c1-31-19-16-14-18(15-17-19)26-20-8-2-4-10-22(20)27(23-11-5-3-9-21(23)26)28(30)24-12-6-7-13-25(24)29/h2-17,29H,1H3. The largest absolute Gasteiger partial charge is 0.507 e. The molecule has 0 saturated carbocycles. The third-order valence-electron chi connectivity index (χ3n) is 5.69. The fourth-order valence-electron chi connectivity index (χ4n) is 4.24. The summed E-state index contributed by atoms with van der Waals surface area (Å²) in [5.74, 6) is 0.593. The molecule has 0 aliphatic rings. The van der Waals surface area contributed by atoms with Crippen molar-refractivity contribution in [1.82, 2.24) is 0 Å². The maximum absolute atomic E-state index is 13.6. The average Bonchev–Trinajstić information content (AvgIpc) is 2.82. The second kappa shape index (κ2) is 7.62. The van der Waals surface area contributed by atoms with Crippen LogP contribution in [-0.4, -0.2) is 18.0 Å². The molecule has 5 aromatic carbocycles. The molecule has 150 valence electrons. The van der Waals surface area contributed by atoms with E-state index in [1.165, 1.54) is 0 Å². The van der Waals surface area contributed by atoms with Gasteiger partial charge in [0.2, 0.25) is 0 Å². The van der Waals surface area contributed by atoms with E-state index in [2.05, 4.69) is 0 Å². The molecule has 31 heavy (non-hydrogen) atoms. The van der Waals surface area contributed by atoms with Crippen LogP contribution in [0.5, 0.6) is 11.5 Å².